The molecule has 0 saturated heterocycles. The van der Waals surface area contributed by atoms with Gasteiger partial charge in [0.1, 0.15) is 22.8 Å². The molecule has 9 heteroatoms. The second-order valence-corrected chi connectivity index (χ2v) is 8.12. The lowest BCUT2D eigenvalue weighted by Gasteiger charge is -2.28. The fourth-order valence-electron chi connectivity index (χ4n) is 3.94. The molecule has 0 fully saturated rings. The monoisotopic (exact) mass is 474 g/mol. The van der Waals surface area contributed by atoms with Crippen LogP contribution >= 0.6 is 0 Å². The van der Waals surface area contributed by atoms with Crippen LogP contribution in [0.15, 0.2) is 95.7 Å². The van der Waals surface area contributed by atoms with Crippen molar-refractivity contribution in [3.8, 4) is 11.4 Å². The number of nitrogens with zero attached hydrogens (tertiary/aromatic N) is 2. The molecule has 176 valence electrons. The van der Waals surface area contributed by atoms with Gasteiger partial charge < -0.3 is 15.0 Å². The molecule has 1 amide bonds. The van der Waals surface area contributed by atoms with Crippen molar-refractivity contribution < 1.29 is 18.3 Å². The van der Waals surface area contributed by atoms with E-state index in [-0.39, 0.29) is 5.56 Å². The molecule has 2 atom stereocenters. The third kappa shape index (κ3) is 4.35. The molecule has 1 aliphatic rings. The highest BCUT2D eigenvalue weighted by Crippen LogP contribution is 2.32. The van der Waals surface area contributed by atoms with Gasteiger partial charge in [-0.3, -0.25) is 14.2 Å². The van der Waals surface area contributed by atoms with Crippen LogP contribution in [-0.2, 0) is 0 Å². The van der Waals surface area contributed by atoms with E-state index in [1.807, 2.05) is 0 Å². The van der Waals surface area contributed by atoms with Gasteiger partial charge in [-0.15, -0.1) is 0 Å². The van der Waals surface area contributed by atoms with Gasteiger partial charge in [0.05, 0.1) is 11.4 Å². The highest BCUT2D eigenvalue weighted by atomic mass is 19.2. The summed E-state index contributed by atoms with van der Waals surface area (Å²) >= 11 is 0. The minimum Gasteiger partial charge on any atom is -0.450 e. The first-order valence-corrected chi connectivity index (χ1v) is 10.8. The molecule has 2 N–H and O–H groups in total. The number of nitrogens with one attached hydrogen (secondary N) is 2. The number of hydrogen-bond acceptors (Lipinski definition) is 4. The second kappa shape index (κ2) is 8.68. The third-order valence-electron chi connectivity index (χ3n) is 5.70. The number of aromatic amines is 1. The van der Waals surface area contributed by atoms with Crippen molar-refractivity contribution in [1.29, 1.82) is 0 Å². The summed E-state index contributed by atoms with van der Waals surface area (Å²) in [5.74, 6) is -2.96. The highest BCUT2D eigenvalue weighted by molar-refractivity contribution is 5.94. The molecule has 0 spiro atoms. The van der Waals surface area contributed by atoms with Crippen LogP contribution in [0.25, 0.3) is 16.7 Å². The molecule has 2 unspecified atom stereocenters. The van der Waals surface area contributed by atoms with Gasteiger partial charge in [-0.05, 0) is 73.2 Å². The molecule has 0 saturated carbocycles. The largest absolute Gasteiger partial charge is 0.450 e. The van der Waals surface area contributed by atoms with Crippen LogP contribution in [0.5, 0.6) is 5.75 Å². The number of alkyl halides is 1. The number of halogens is 2. The average molecular weight is 474 g/mol. The van der Waals surface area contributed by atoms with Gasteiger partial charge in [0.2, 0.25) is 0 Å². The lowest BCUT2D eigenvalue weighted by atomic mass is 9.98. The number of ether oxygens (including phenoxy) is 1. The Kier molecular flexibility index (Phi) is 5.52. The summed E-state index contributed by atoms with van der Waals surface area (Å²) in [7, 11) is 0. The van der Waals surface area contributed by atoms with Crippen LogP contribution in [0.2, 0.25) is 0 Å². The van der Waals surface area contributed by atoms with E-state index in [1.54, 1.807) is 31.3 Å². The number of amides is 1. The molecule has 0 radical (unpaired) electrons. The molecule has 3 heterocycles. The Morgan fingerprint density at radius 3 is 2.77 bits per heavy atom. The number of H-pyrrole nitrogens is 1. The van der Waals surface area contributed by atoms with Gasteiger partial charge in [-0.25, -0.2) is 9.37 Å². The maximum Gasteiger partial charge on any atom is 0.287 e. The van der Waals surface area contributed by atoms with Crippen LogP contribution in [0.4, 0.5) is 8.78 Å². The highest BCUT2D eigenvalue weighted by Gasteiger charge is 2.32. The molecular weight excluding hydrogens is 454 g/mol. The fraction of sp³-hybridized carbons (Fsp3) is 0.115. The summed E-state index contributed by atoms with van der Waals surface area (Å²) in [6.45, 7) is 1.66. The van der Waals surface area contributed by atoms with Crippen molar-refractivity contribution in [2.75, 3.05) is 0 Å². The first kappa shape index (κ1) is 22.3. The van der Waals surface area contributed by atoms with E-state index < -0.39 is 29.2 Å². The van der Waals surface area contributed by atoms with Crippen molar-refractivity contribution in [3.05, 3.63) is 113 Å². The van der Waals surface area contributed by atoms with Crippen LogP contribution in [0.1, 0.15) is 17.3 Å². The van der Waals surface area contributed by atoms with Crippen LogP contribution < -0.4 is 15.6 Å². The third-order valence-corrected chi connectivity index (χ3v) is 5.70. The molecule has 1 aromatic carbocycles. The van der Waals surface area contributed by atoms with E-state index in [0.29, 0.717) is 28.0 Å². The zero-order valence-corrected chi connectivity index (χ0v) is 18.5. The van der Waals surface area contributed by atoms with Crippen molar-refractivity contribution in [2.45, 2.75) is 18.8 Å². The van der Waals surface area contributed by atoms with E-state index in [1.165, 1.54) is 65.5 Å². The summed E-state index contributed by atoms with van der Waals surface area (Å²) < 4.78 is 35.6. The number of hydrogen-bond donors (Lipinski definition) is 2. The predicted octanol–water partition coefficient (Wildman–Crippen LogP) is 4.21. The Morgan fingerprint density at radius 1 is 1.20 bits per heavy atom. The van der Waals surface area contributed by atoms with Gasteiger partial charge in [-0.1, -0.05) is 6.08 Å². The Balaban J connectivity index is 1.34. The average Bonchev–Trinajstić information content (AvgIpc) is 3.32. The summed E-state index contributed by atoms with van der Waals surface area (Å²) in [6.07, 6.45) is 8.66. The SMILES string of the molecule is CC1=CC(F)(Oc2ccnc3[nH]ccc23)C=CC1NC(=O)c1cccn(-c2ccc(F)cc2)c1=O. The molecule has 4 aromatic rings. The zero-order chi connectivity index (χ0) is 24.6. The molecule has 0 aliphatic heterocycles. The first-order chi connectivity index (χ1) is 16.8. The number of pyridine rings is 2. The molecule has 1 aliphatic carbocycles. The maximum absolute atomic E-state index is 15.5. The van der Waals surface area contributed by atoms with Crippen molar-refractivity contribution in [1.82, 2.24) is 19.9 Å². The van der Waals surface area contributed by atoms with Crippen molar-refractivity contribution >= 4 is 16.9 Å². The van der Waals surface area contributed by atoms with E-state index in [9.17, 15) is 14.0 Å². The number of benzene rings is 1. The Hall–Kier alpha value is -4.53. The van der Waals surface area contributed by atoms with Gasteiger partial charge in [-0.2, -0.15) is 4.39 Å². The van der Waals surface area contributed by atoms with Crippen LogP contribution in [0, 0.1) is 5.82 Å². The summed E-state index contributed by atoms with van der Waals surface area (Å²) in [5.41, 5.74) is 0.836. The number of fused-ring (bicyclic) bond motifs is 1. The Labute approximate surface area is 198 Å². The quantitative estimate of drug-likeness (QED) is 0.424. The Bertz CT molecular complexity index is 1540. The standard InChI is InChI=1S/C26H20F2N4O3/c1-16-15-26(28,35-22-10-13-30-23-19(22)9-12-29-23)11-8-21(16)31-24(33)20-3-2-14-32(25(20)34)18-6-4-17(27)5-7-18/h2-15,21H,1H3,(H,29,30)(H,31,33). The van der Waals surface area contributed by atoms with E-state index in [4.69, 9.17) is 4.74 Å². The van der Waals surface area contributed by atoms with Crippen molar-refractivity contribution in [2.24, 2.45) is 0 Å². The van der Waals surface area contributed by atoms with Crippen molar-refractivity contribution in [3.63, 3.8) is 0 Å². The lowest BCUT2D eigenvalue weighted by molar-refractivity contribution is 0.0312. The lowest BCUT2D eigenvalue weighted by Crippen LogP contribution is -2.41. The molecule has 0 bridgehead atoms. The van der Waals surface area contributed by atoms with Crippen LogP contribution in [-0.4, -0.2) is 32.3 Å². The summed E-state index contributed by atoms with van der Waals surface area (Å²) in [6, 6.07) is 11.0. The van der Waals surface area contributed by atoms with E-state index in [0.717, 1.165) is 0 Å². The maximum atomic E-state index is 15.5. The number of aromatic nitrogens is 3. The van der Waals surface area contributed by atoms with Gasteiger partial charge in [0, 0.05) is 24.3 Å². The number of rotatable bonds is 5. The van der Waals surface area contributed by atoms with Crippen LogP contribution in [0.3, 0.4) is 0 Å². The topological polar surface area (TPSA) is 89.0 Å². The smallest absolute Gasteiger partial charge is 0.287 e. The molecule has 7 nitrogen and oxygen atoms in total. The van der Waals surface area contributed by atoms with Gasteiger partial charge in [0.25, 0.3) is 17.3 Å². The van der Waals surface area contributed by atoms with E-state index >= 15 is 4.39 Å². The number of carbonyl (C=O) groups is 1. The molecular formula is C26H20F2N4O3. The summed E-state index contributed by atoms with van der Waals surface area (Å²) in [4.78, 5) is 32.9. The van der Waals surface area contributed by atoms with Gasteiger partial charge in [0.15, 0.2) is 0 Å². The second-order valence-electron chi connectivity index (χ2n) is 8.12. The Morgan fingerprint density at radius 2 is 2.00 bits per heavy atom. The van der Waals surface area contributed by atoms with Gasteiger partial charge >= 0.3 is 0 Å². The number of carbonyl (C=O) groups excluding carboxylic acids is 1. The fourth-order valence-corrected chi connectivity index (χ4v) is 3.94. The molecule has 3 aromatic heterocycles. The minimum atomic E-state index is -2.22. The predicted molar refractivity (Wildman–Crippen MR) is 127 cm³/mol. The zero-order valence-electron chi connectivity index (χ0n) is 18.5. The minimum absolute atomic E-state index is 0.0991. The normalized spacial score (nSPS) is 19.4. The summed E-state index contributed by atoms with van der Waals surface area (Å²) in [5, 5.41) is 3.38. The van der Waals surface area contributed by atoms with E-state index in [2.05, 4.69) is 15.3 Å². The molecule has 5 rings (SSSR count). The molecule has 35 heavy (non-hydrogen) atoms. The first-order valence-electron chi connectivity index (χ1n) is 10.8.